The Balaban J connectivity index is 1.94. The van der Waals surface area contributed by atoms with Crippen LogP contribution in [0.15, 0.2) is 39.0 Å². The van der Waals surface area contributed by atoms with Gasteiger partial charge in [0.15, 0.2) is 10.8 Å². The highest BCUT2D eigenvalue weighted by Gasteiger charge is 2.26. The summed E-state index contributed by atoms with van der Waals surface area (Å²) in [6.45, 7) is 12.2. The first kappa shape index (κ1) is 26.3. The molecule has 3 aromatic rings. The van der Waals surface area contributed by atoms with Gasteiger partial charge in [0.25, 0.3) is 5.56 Å². The zero-order valence-electron chi connectivity index (χ0n) is 21.0. The van der Waals surface area contributed by atoms with E-state index in [0.29, 0.717) is 17.5 Å². The van der Waals surface area contributed by atoms with E-state index in [1.54, 1.807) is 0 Å². The standard InChI is InChI=1S/C24H33N7O3S/c1-14(2)11-29(20-21(25)30(12-15(3)4)23(34)26-22(20)33)19(32)13-35-24-28-27-17(6)31(24)18-9-7-8-16(5)10-18/h7-10,14-15H,11-13,25H2,1-6H3,(H,26,33,34). The minimum atomic E-state index is -0.676. The molecule has 0 bridgehead atoms. The minimum Gasteiger partial charge on any atom is -0.383 e. The molecule has 35 heavy (non-hydrogen) atoms. The lowest BCUT2D eigenvalue weighted by atomic mass is 10.2. The highest BCUT2D eigenvalue weighted by molar-refractivity contribution is 7.99. The van der Waals surface area contributed by atoms with E-state index in [-0.39, 0.29) is 41.5 Å². The number of aryl methyl sites for hydroxylation is 2. The molecule has 0 aliphatic heterocycles. The smallest absolute Gasteiger partial charge is 0.330 e. The molecule has 2 heterocycles. The highest BCUT2D eigenvalue weighted by Crippen LogP contribution is 2.25. The summed E-state index contributed by atoms with van der Waals surface area (Å²) in [5.74, 6) is 0.573. The van der Waals surface area contributed by atoms with Crippen LogP contribution in [0.1, 0.15) is 39.1 Å². The largest absolute Gasteiger partial charge is 0.383 e. The average molecular weight is 500 g/mol. The Kier molecular flexibility index (Phi) is 8.21. The molecule has 0 radical (unpaired) electrons. The molecule has 3 rings (SSSR count). The van der Waals surface area contributed by atoms with Crippen molar-refractivity contribution in [2.45, 2.75) is 53.2 Å². The van der Waals surface area contributed by atoms with Crippen molar-refractivity contribution in [3.63, 3.8) is 0 Å². The average Bonchev–Trinajstić information content (AvgIpc) is 3.14. The van der Waals surface area contributed by atoms with Gasteiger partial charge in [-0.15, -0.1) is 10.2 Å². The first-order valence-electron chi connectivity index (χ1n) is 11.5. The maximum absolute atomic E-state index is 13.4. The zero-order valence-corrected chi connectivity index (χ0v) is 21.8. The summed E-state index contributed by atoms with van der Waals surface area (Å²) in [6, 6.07) is 7.93. The van der Waals surface area contributed by atoms with E-state index in [4.69, 9.17) is 5.73 Å². The SMILES string of the molecule is Cc1cccc(-n2c(C)nnc2SCC(=O)N(CC(C)C)c2c(N)n(CC(C)C)c(=O)[nH]c2=O)c1. The van der Waals surface area contributed by atoms with Crippen molar-refractivity contribution < 1.29 is 4.79 Å². The van der Waals surface area contributed by atoms with Crippen molar-refractivity contribution in [2.75, 3.05) is 22.9 Å². The number of hydrogen-bond donors (Lipinski definition) is 2. The highest BCUT2D eigenvalue weighted by atomic mass is 32.2. The van der Waals surface area contributed by atoms with Crippen LogP contribution in [-0.4, -0.2) is 42.5 Å². The van der Waals surface area contributed by atoms with Crippen LogP contribution >= 0.6 is 11.8 Å². The number of nitrogen functional groups attached to an aromatic ring is 1. The number of nitrogens with one attached hydrogen (secondary N) is 1. The van der Waals surface area contributed by atoms with Crippen LogP contribution < -0.4 is 21.9 Å². The number of aromatic amines is 1. The molecule has 0 aliphatic carbocycles. The van der Waals surface area contributed by atoms with Gasteiger partial charge in [0.1, 0.15) is 11.6 Å². The fourth-order valence-electron chi connectivity index (χ4n) is 3.77. The van der Waals surface area contributed by atoms with E-state index in [2.05, 4.69) is 15.2 Å². The Morgan fingerprint density at radius 2 is 1.86 bits per heavy atom. The molecule has 3 N–H and O–H groups in total. The van der Waals surface area contributed by atoms with Crippen LogP contribution in [0.2, 0.25) is 0 Å². The quantitative estimate of drug-likeness (QED) is 0.433. The Morgan fingerprint density at radius 1 is 1.14 bits per heavy atom. The fourth-order valence-corrected chi connectivity index (χ4v) is 4.65. The number of thioether (sulfide) groups is 1. The molecule has 1 amide bonds. The normalized spacial score (nSPS) is 11.4. The number of carbonyl (C=O) groups excluding carboxylic acids is 1. The summed E-state index contributed by atoms with van der Waals surface area (Å²) in [7, 11) is 0. The Morgan fingerprint density at radius 3 is 2.49 bits per heavy atom. The molecule has 0 atom stereocenters. The maximum atomic E-state index is 13.4. The third-order valence-corrected chi connectivity index (χ3v) is 6.17. The third-order valence-electron chi connectivity index (χ3n) is 5.26. The van der Waals surface area contributed by atoms with Crippen molar-refractivity contribution in [3.8, 4) is 5.69 Å². The van der Waals surface area contributed by atoms with Crippen LogP contribution in [0, 0.1) is 25.7 Å². The lowest BCUT2D eigenvalue weighted by Gasteiger charge is -2.26. The van der Waals surface area contributed by atoms with Gasteiger partial charge in [-0.3, -0.25) is 23.7 Å². The molecule has 11 heteroatoms. The molecular formula is C24H33N7O3S. The zero-order chi connectivity index (χ0) is 25.9. The molecule has 0 saturated heterocycles. The summed E-state index contributed by atoms with van der Waals surface area (Å²) < 4.78 is 3.20. The molecule has 0 fully saturated rings. The predicted octanol–water partition coefficient (Wildman–Crippen LogP) is 2.75. The summed E-state index contributed by atoms with van der Waals surface area (Å²) in [5.41, 5.74) is 7.03. The number of rotatable bonds is 9. The van der Waals surface area contributed by atoms with Gasteiger partial charge in [-0.25, -0.2) is 4.79 Å². The van der Waals surface area contributed by atoms with Gasteiger partial charge >= 0.3 is 5.69 Å². The summed E-state index contributed by atoms with van der Waals surface area (Å²) in [6.07, 6.45) is 0. The van der Waals surface area contributed by atoms with Gasteiger partial charge in [0, 0.05) is 18.8 Å². The van der Waals surface area contributed by atoms with Crippen LogP contribution in [0.5, 0.6) is 0 Å². The first-order chi connectivity index (χ1) is 16.5. The summed E-state index contributed by atoms with van der Waals surface area (Å²) >= 11 is 1.23. The third kappa shape index (κ3) is 6.02. The number of amides is 1. The van der Waals surface area contributed by atoms with E-state index >= 15 is 0 Å². The topological polar surface area (TPSA) is 132 Å². The lowest BCUT2D eigenvalue weighted by molar-refractivity contribution is -0.116. The fraction of sp³-hybridized carbons (Fsp3) is 0.458. The molecule has 10 nitrogen and oxygen atoms in total. The van der Waals surface area contributed by atoms with Gasteiger partial charge < -0.3 is 10.6 Å². The van der Waals surface area contributed by atoms with Gasteiger partial charge in [-0.05, 0) is 43.4 Å². The summed E-state index contributed by atoms with van der Waals surface area (Å²) in [5, 5.41) is 9.00. The second-order valence-electron chi connectivity index (χ2n) is 9.39. The molecule has 188 valence electrons. The molecule has 0 spiro atoms. The van der Waals surface area contributed by atoms with Crippen molar-refractivity contribution in [2.24, 2.45) is 11.8 Å². The molecule has 2 aromatic heterocycles. The number of hydrogen-bond acceptors (Lipinski definition) is 7. The van der Waals surface area contributed by atoms with Crippen molar-refractivity contribution in [1.29, 1.82) is 0 Å². The maximum Gasteiger partial charge on any atom is 0.330 e. The monoisotopic (exact) mass is 499 g/mol. The second-order valence-corrected chi connectivity index (χ2v) is 10.3. The number of aromatic nitrogens is 5. The summed E-state index contributed by atoms with van der Waals surface area (Å²) in [4.78, 5) is 42.3. The van der Waals surface area contributed by atoms with Crippen LogP contribution in [0.25, 0.3) is 5.69 Å². The van der Waals surface area contributed by atoms with Crippen LogP contribution in [0.4, 0.5) is 11.5 Å². The molecule has 0 saturated carbocycles. The number of H-pyrrole nitrogens is 1. The van der Waals surface area contributed by atoms with Crippen molar-refractivity contribution in [1.82, 2.24) is 24.3 Å². The van der Waals surface area contributed by atoms with Crippen molar-refractivity contribution >= 4 is 29.2 Å². The van der Waals surface area contributed by atoms with Gasteiger partial charge in [0.2, 0.25) is 5.91 Å². The van der Waals surface area contributed by atoms with Crippen LogP contribution in [0.3, 0.4) is 0 Å². The second kappa shape index (κ2) is 10.9. The number of benzene rings is 1. The minimum absolute atomic E-state index is 0.000816. The van der Waals surface area contributed by atoms with Gasteiger partial charge in [-0.2, -0.15) is 0 Å². The molecule has 0 aliphatic rings. The van der Waals surface area contributed by atoms with E-state index < -0.39 is 11.2 Å². The van der Waals surface area contributed by atoms with Crippen molar-refractivity contribution in [3.05, 3.63) is 56.5 Å². The molecule has 0 unspecified atom stereocenters. The Labute approximate surface area is 208 Å². The predicted molar refractivity (Wildman–Crippen MR) is 139 cm³/mol. The Bertz CT molecular complexity index is 1320. The number of nitrogens with zero attached hydrogens (tertiary/aromatic N) is 5. The molecular weight excluding hydrogens is 466 g/mol. The number of nitrogens with two attached hydrogens (primary N) is 1. The van der Waals surface area contributed by atoms with Gasteiger partial charge in [0.05, 0.1) is 5.75 Å². The number of carbonyl (C=O) groups is 1. The van der Waals surface area contributed by atoms with E-state index in [9.17, 15) is 14.4 Å². The number of anilines is 2. The lowest BCUT2D eigenvalue weighted by Crippen LogP contribution is -2.43. The van der Waals surface area contributed by atoms with Crippen LogP contribution in [-0.2, 0) is 11.3 Å². The van der Waals surface area contributed by atoms with E-state index in [1.807, 2.05) is 70.4 Å². The first-order valence-corrected chi connectivity index (χ1v) is 12.5. The Hall–Kier alpha value is -3.34. The van der Waals surface area contributed by atoms with Gasteiger partial charge in [-0.1, -0.05) is 51.6 Å². The molecule has 1 aromatic carbocycles. The van der Waals surface area contributed by atoms with E-state index in [0.717, 1.165) is 11.3 Å². The van der Waals surface area contributed by atoms with E-state index in [1.165, 1.54) is 21.2 Å².